The minimum absolute atomic E-state index is 0.0892. The average Bonchev–Trinajstić information content (AvgIpc) is 2.39. The van der Waals surface area contributed by atoms with Gasteiger partial charge in [0.15, 0.2) is 0 Å². The van der Waals surface area contributed by atoms with E-state index in [9.17, 15) is 9.90 Å². The largest absolute Gasteiger partial charge is 0.389 e. The number of hydrogen-bond donors (Lipinski definition) is 2. The summed E-state index contributed by atoms with van der Waals surface area (Å²) in [5, 5.41) is 12.7. The minimum Gasteiger partial charge on any atom is -0.389 e. The molecule has 0 aromatic rings. The van der Waals surface area contributed by atoms with Gasteiger partial charge in [0.25, 0.3) is 0 Å². The number of aliphatic hydroxyl groups is 1. The number of carbonyl (C=O) groups excluding carboxylic acids is 1. The van der Waals surface area contributed by atoms with Gasteiger partial charge < -0.3 is 15.2 Å². The Morgan fingerprint density at radius 3 is 2.40 bits per heavy atom. The van der Waals surface area contributed by atoms with Gasteiger partial charge in [0, 0.05) is 39.3 Å². The van der Waals surface area contributed by atoms with Crippen LogP contribution in [0.3, 0.4) is 0 Å². The van der Waals surface area contributed by atoms with E-state index < -0.39 is 6.10 Å². The summed E-state index contributed by atoms with van der Waals surface area (Å²) in [5.74, 6) is 0.0892. The number of β-amino-alcohol motifs (C(OH)–C–C–N with tert-alkyl or cyclic N) is 1. The lowest BCUT2D eigenvalue weighted by Gasteiger charge is -2.35. The van der Waals surface area contributed by atoms with Crippen molar-refractivity contribution in [1.29, 1.82) is 0 Å². The van der Waals surface area contributed by atoms with Crippen molar-refractivity contribution in [3.05, 3.63) is 0 Å². The maximum atomic E-state index is 11.5. The lowest BCUT2D eigenvalue weighted by atomic mass is 10.2. The molecule has 0 radical (unpaired) electrons. The molecule has 6 nitrogen and oxygen atoms in total. The molecule has 0 saturated carbocycles. The molecule has 118 valence electrons. The Bertz CT molecular complexity index is 279. The van der Waals surface area contributed by atoms with Crippen molar-refractivity contribution < 1.29 is 14.6 Å². The van der Waals surface area contributed by atoms with Crippen LogP contribution in [-0.2, 0) is 9.53 Å². The first-order valence-electron chi connectivity index (χ1n) is 7.52. The Labute approximate surface area is 122 Å². The van der Waals surface area contributed by atoms with E-state index in [0.29, 0.717) is 26.2 Å². The molecule has 6 heteroatoms. The molecule has 1 rings (SSSR count). The molecule has 1 atom stereocenters. The zero-order valence-electron chi connectivity index (χ0n) is 13.0. The van der Waals surface area contributed by atoms with Crippen LogP contribution in [0.2, 0.25) is 0 Å². The van der Waals surface area contributed by atoms with Crippen molar-refractivity contribution in [1.82, 2.24) is 15.1 Å². The number of amides is 1. The highest BCUT2D eigenvalue weighted by Crippen LogP contribution is 2.03. The Balaban J connectivity index is 2.16. The standard InChI is InChI=1S/C14H29N3O3/c1-4-15-14(19)10-17-7-5-16(6-8-17)9-13(18)11-20-12(2)3/h12-13,18H,4-11H2,1-3H3,(H,15,19). The van der Waals surface area contributed by atoms with Gasteiger partial charge >= 0.3 is 0 Å². The number of nitrogens with one attached hydrogen (secondary N) is 1. The summed E-state index contributed by atoms with van der Waals surface area (Å²) in [7, 11) is 0. The third kappa shape index (κ3) is 7.19. The molecule has 0 aliphatic carbocycles. The first-order chi connectivity index (χ1) is 9.51. The van der Waals surface area contributed by atoms with Gasteiger partial charge in [-0.05, 0) is 20.8 Å². The zero-order chi connectivity index (χ0) is 15.0. The molecule has 1 amide bonds. The van der Waals surface area contributed by atoms with Crippen molar-refractivity contribution in [2.75, 3.05) is 52.4 Å². The van der Waals surface area contributed by atoms with Gasteiger partial charge in [-0.3, -0.25) is 14.6 Å². The Morgan fingerprint density at radius 2 is 1.85 bits per heavy atom. The number of hydrogen-bond acceptors (Lipinski definition) is 5. The van der Waals surface area contributed by atoms with Crippen LogP contribution in [0.15, 0.2) is 0 Å². The van der Waals surface area contributed by atoms with E-state index in [1.165, 1.54) is 0 Å². The Morgan fingerprint density at radius 1 is 1.25 bits per heavy atom. The molecule has 1 aliphatic rings. The number of nitrogens with zero attached hydrogens (tertiary/aromatic N) is 2. The number of aliphatic hydroxyl groups excluding tert-OH is 1. The van der Waals surface area contributed by atoms with Gasteiger partial charge in [-0.15, -0.1) is 0 Å². The summed E-state index contributed by atoms with van der Waals surface area (Å²) in [6.07, 6.45) is -0.286. The highest BCUT2D eigenvalue weighted by Gasteiger charge is 2.20. The van der Waals surface area contributed by atoms with E-state index in [1.54, 1.807) is 0 Å². The van der Waals surface area contributed by atoms with Crippen LogP contribution in [-0.4, -0.2) is 85.4 Å². The monoisotopic (exact) mass is 287 g/mol. The Kier molecular flexibility index (Phi) is 8.06. The molecule has 1 unspecified atom stereocenters. The molecule has 1 saturated heterocycles. The van der Waals surface area contributed by atoms with Crippen molar-refractivity contribution in [3.63, 3.8) is 0 Å². The lowest BCUT2D eigenvalue weighted by Crippen LogP contribution is -2.51. The number of piperazine rings is 1. The summed E-state index contributed by atoms with van der Waals surface area (Å²) in [6.45, 7) is 11.6. The number of carbonyl (C=O) groups is 1. The molecule has 1 aliphatic heterocycles. The second-order valence-electron chi connectivity index (χ2n) is 5.57. The molecule has 0 bridgehead atoms. The molecule has 20 heavy (non-hydrogen) atoms. The van der Waals surface area contributed by atoms with Gasteiger partial charge in [-0.2, -0.15) is 0 Å². The summed E-state index contributed by atoms with van der Waals surface area (Å²) in [5.41, 5.74) is 0. The third-order valence-corrected chi connectivity index (χ3v) is 3.30. The van der Waals surface area contributed by atoms with Crippen LogP contribution in [0.25, 0.3) is 0 Å². The van der Waals surface area contributed by atoms with E-state index in [4.69, 9.17) is 4.74 Å². The predicted octanol–water partition coefficient (Wildman–Crippen LogP) is -0.474. The highest BCUT2D eigenvalue weighted by atomic mass is 16.5. The molecular formula is C14H29N3O3. The van der Waals surface area contributed by atoms with E-state index in [0.717, 1.165) is 26.2 Å². The first-order valence-corrected chi connectivity index (χ1v) is 7.52. The number of rotatable bonds is 8. The fraction of sp³-hybridized carbons (Fsp3) is 0.929. The fourth-order valence-corrected chi connectivity index (χ4v) is 2.24. The van der Waals surface area contributed by atoms with Crippen LogP contribution in [0.1, 0.15) is 20.8 Å². The lowest BCUT2D eigenvalue weighted by molar-refractivity contribution is -0.122. The quantitative estimate of drug-likeness (QED) is 0.632. The Hall–Kier alpha value is -0.690. The summed E-state index contributed by atoms with van der Waals surface area (Å²) < 4.78 is 5.41. The van der Waals surface area contributed by atoms with Crippen LogP contribution < -0.4 is 5.32 Å². The van der Waals surface area contributed by atoms with Crippen LogP contribution in [0.5, 0.6) is 0 Å². The molecule has 0 aromatic carbocycles. The summed E-state index contributed by atoms with van der Waals surface area (Å²) >= 11 is 0. The average molecular weight is 287 g/mol. The van der Waals surface area contributed by atoms with Gasteiger partial charge in [0.2, 0.25) is 5.91 Å². The molecule has 2 N–H and O–H groups in total. The first kappa shape index (κ1) is 17.4. The van der Waals surface area contributed by atoms with E-state index in [1.807, 2.05) is 20.8 Å². The van der Waals surface area contributed by atoms with E-state index in [-0.39, 0.29) is 12.0 Å². The van der Waals surface area contributed by atoms with Gasteiger partial charge in [-0.25, -0.2) is 0 Å². The SMILES string of the molecule is CCNC(=O)CN1CCN(CC(O)COC(C)C)CC1. The van der Waals surface area contributed by atoms with Crippen molar-refractivity contribution in [2.45, 2.75) is 33.0 Å². The van der Waals surface area contributed by atoms with Gasteiger partial charge in [0.05, 0.1) is 25.4 Å². The maximum absolute atomic E-state index is 11.5. The van der Waals surface area contributed by atoms with Crippen LogP contribution in [0, 0.1) is 0 Å². The second-order valence-corrected chi connectivity index (χ2v) is 5.57. The molecule has 0 aromatic heterocycles. The topological polar surface area (TPSA) is 65.0 Å². The minimum atomic E-state index is -0.438. The molecule has 0 spiro atoms. The predicted molar refractivity (Wildman–Crippen MR) is 78.7 cm³/mol. The normalized spacial score (nSPS) is 19.2. The summed E-state index contributed by atoms with van der Waals surface area (Å²) in [4.78, 5) is 15.9. The molecule has 1 fully saturated rings. The zero-order valence-corrected chi connectivity index (χ0v) is 13.0. The highest BCUT2D eigenvalue weighted by molar-refractivity contribution is 5.77. The van der Waals surface area contributed by atoms with Crippen molar-refractivity contribution in [2.24, 2.45) is 0 Å². The van der Waals surface area contributed by atoms with E-state index >= 15 is 0 Å². The molecular weight excluding hydrogens is 258 g/mol. The maximum Gasteiger partial charge on any atom is 0.234 e. The van der Waals surface area contributed by atoms with Crippen molar-refractivity contribution >= 4 is 5.91 Å². The van der Waals surface area contributed by atoms with E-state index in [2.05, 4.69) is 15.1 Å². The van der Waals surface area contributed by atoms with Crippen molar-refractivity contribution in [3.8, 4) is 0 Å². The van der Waals surface area contributed by atoms with Crippen LogP contribution in [0.4, 0.5) is 0 Å². The van der Waals surface area contributed by atoms with Crippen LogP contribution >= 0.6 is 0 Å². The smallest absolute Gasteiger partial charge is 0.234 e. The third-order valence-electron chi connectivity index (χ3n) is 3.30. The molecule has 1 heterocycles. The summed E-state index contributed by atoms with van der Waals surface area (Å²) in [6, 6.07) is 0. The van der Waals surface area contributed by atoms with Gasteiger partial charge in [0.1, 0.15) is 0 Å². The van der Waals surface area contributed by atoms with Gasteiger partial charge in [-0.1, -0.05) is 0 Å². The number of likely N-dealkylation sites (N-methyl/N-ethyl adjacent to an activating group) is 1. The fourth-order valence-electron chi connectivity index (χ4n) is 2.24. The number of ether oxygens (including phenoxy) is 1. The second kappa shape index (κ2) is 9.28.